The van der Waals surface area contributed by atoms with Crippen LogP contribution >= 0.6 is 27.3 Å². The van der Waals surface area contributed by atoms with Gasteiger partial charge in [0.05, 0.1) is 10.2 Å². The average molecular weight is 365 g/mol. The second-order valence-corrected chi connectivity index (χ2v) is 6.71. The van der Waals surface area contributed by atoms with Gasteiger partial charge >= 0.3 is 0 Å². The normalized spacial score (nSPS) is 12.7. The first-order valence-corrected chi connectivity index (χ1v) is 8.31. The lowest BCUT2D eigenvalue weighted by atomic mass is 10.1. The zero-order chi connectivity index (χ0) is 14.8. The molecule has 0 bridgehead atoms. The van der Waals surface area contributed by atoms with Gasteiger partial charge in [0.25, 0.3) is 0 Å². The molecule has 1 N–H and O–H groups in total. The van der Waals surface area contributed by atoms with Crippen LogP contribution in [-0.4, -0.2) is 4.98 Å². The van der Waals surface area contributed by atoms with Crippen LogP contribution < -0.4 is 5.32 Å². The highest BCUT2D eigenvalue weighted by Crippen LogP contribution is 2.23. The lowest BCUT2D eigenvalue weighted by Crippen LogP contribution is -2.18. The van der Waals surface area contributed by atoms with Crippen molar-refractivity contribution in [1.29, 1.82) is 0 Å². The maximum Gasteiger partial charge on any atom is 0.123 e. The molecule has 1 unspecified atom stereocenters. The Morgan fingerprint density at radius 3 is 3.05 bits per heavy atom. The fourth-order valence-electron chi connectivity index (χ4n) is 2.16. The Balaban J connectivity index is 1.73. The summed E-state index contributed by atoms with van der Waals surface area (Å²) in [6.07, 6.45) is 1.90. The number of nitrogens with zero attached hydrogens (tertiary/aromatic N) is 1. The number of halogens is 2. The second kappa shape index (κ2) is 6.22. The number of hydrogen-bond donors (Lipinski definition) is 1. The van der Waals surface area contributed by atoms with Crippen molar-refractivity contribution in [1.82, 2.24) is 10.3 Å². The van der Waals surface area contributed by atoms with Crippen LogP contribution in [0.25, 0.3) is 10.2 Å². The van der Waals surface area contributed by atoms with E-state index in [9.17, 15) is 4.39 Å². The molecule has 3 rings (SSSR count). The Hall–Kier alpha value is -1.30. The molecule has 2 nitrogen and oxygen atoms in total. The first kappa shape index (κ1) is 14.6. The summed E-state index contributed by atoms with van der Waals surface area (Å²) < 4.78 is 15.4. The van der Waals surface area contributed by atoms with Crippen molar-refractivity contribution in [3.05, 3.63) is 63.3 Å². The molecular formula is C16H14BrFN2S. The quantitative estimate of drug-likeness (QED) is 0.700. The van der Waals surface area contributed by atoms with Crippen molar-refractivity contribution in [2.24, 2.45) is 0 Å². The van der Waals surface area contributed by atoms with E-state index in [1.165, 1.54) is 10.8 Å². The molecule has 108 valence electrons. The molecule has 0 fully saturated rings. The minimum Gasteiger partial charge on any atom is -0.306 e. The summed E-state index contributed by atoms with van der Waals surface area (Å²) in [5.74, 6) is -0.218. The van der Waals surface area contributed by atoms with E-state index in [-0.39, 0.29) is 11.9 Å². The minimum atomic E-state index is -0.218. The van der Waals surface area contributed by atoms with Gasteiger partial charge in [-0.3, -0.25) is 4.98 Å². The molecule has 1 aromatic carbocycles. The van der Waals surface area contributed by atoms with Crippen molar-refractivity contribution in [3.8, 4) is 0 Å². The maximum absolute atomic E-state index is 13.3. The van der Waals surface area contributed by atoms with E-state index in [2.05, 4.69) is 39.2 Å². The molecular weight excluding hydrogens is 351 g/mol. The molecule has 0 amide bonds. The van der Waals surface area contributed by atoms with Gasteiger partial charge in [0, 0.05) is 23.3 Å². The van der Waals surface area contributed by atoms with Crippen LogP contribution in [0.2, 0.25) is 0 Å². The first-order valence-electron chi connectivity index (χ1n) is 6.64. The SMILES string of the molecule is CC(NCc1cc(F)ccc1Br)c1cnc2ccsc2c1. The maximum atomic E-state index is 13.3. The highest BCUT2D eigenvalue weighted by atomic mass is 79.9. The van der Waals surface area contributed by atoms with Gasteiger partial charge in [-0.15, -0.1) is 11.3 Å². The second-order valence-electron chi connectivity index (χ2n) is 4.91. The Morgan fingerprint density at radius 1 is 1.33 bits per heavy atom. The van der Waals surface area contributed by atoms with Crippen molar-refractivity contribution in [3.63, 3.8) is 0 Å². The van der Waals surface area contributed by atoms with Crippen molar-refractivity contribution < 1.29 is 4.39 Å². The molecule has 0 aliphatic heterocycles. The summed E-state index contributed by atoms with van der Waals surface area (Å²) in [6, 6.07) is 9.06. The molecule has 0 aliphatic carbocycles. The van der Waals surface area contributed by atoms with Crippen molar-refractivity contribution >= 4 is 37.5 Å². The van der Waals surface area contributed by atoms with E-state index < -0.39 is 0 Å². The average Bonchev–Trinajstić information content (AvgIpc) is 2.95. The summed E-state index contributed by atoms with van der Waals surface area (Å²) in [7, 11) is 0. The van der Waals surface area contributed by atoms with E-state index in [1.54, 1.807) is 23.5 Å². The molecule has 3 aromatic rings. The van der Waals surface area contributed by atoms with Crippen LogP contribution in [-0.2, 0) is 6.54 Å². The van der Waals surface area contributed by atoms with Gasteiger partial charge < -0.3 is 5.32 Å². The Morgan fingerprint density at radius 2 is 2.19 bits per heavy atom. The Labute approximate surface area is 135 Å². The van der Waals surface area contributed by atoms with Crippen LogP contribution in [0.15, 0.2) is 46.4 Å². The van der Waals surface area contributed by atoms with Crippen LogP contribution in [0.5, 0.6) is 0 Å². The predicted octanol–water partition coefficient (Wildman–Crippen LogP) is 5.05. The summed E-state index contributed by atoms with van der Waals surface area (Å²) in [5.41, 5.74) is 3.08. The molecule has 2 aromatic heterocycles. The van der Waals surface area contributed by atoms with E-state index in [0.717, 1.165) is 21.1 Å². The molecule has 2 heterocycles. The van der Waals surface area contributed by atoms with Gasteiger partial charge in [-0.25, -0.2) is 4.39 Å². The molecule has 1 atom stereocenters. The van der Waals surface area contributed by atoms with Crippen LogP contribution in [0.4, 0.5) is 4.39 Å². The topological polar surface area (TPSA) is 24.9 Å². The lowest BCUT2D eigenvalue weighted by molar-refractivity contribution is 0.567. The van der Waals surface area contributed by atoms with Crippen LogP contribution in [0.3, 0.4) is 0 Å². The van der Waals surface area contributed by atoms with Gasteiger partial charge in [-0.1, -0.05) is 15.9 Å². The van der Waals surface area contributed by atoms with Gasteiger partial charge in [0.2, 0.25) is 0 Å². The Kier molecular flexibility index (Phi) is 4.33. The number of hydrogen-bond acceptors (Lipinski definition) is 3. The number of fused-ring (bicyclic) bond motifs is 1. The third-order valence-electron chi connectivity index (χ3n) is 3.43. The highest BCUT2D eigenvalue weighted by molar-refractivity contribution is 9.10. The molecule has 0 spiro atoms. The number of benzene rings is 1. The number of pyridine rings is 1. The van der Waals surface area contributed by atoms with E-state index in [1.807, 2.05) is 17.6 Å². The van der Waals surface area contributed by atoms with E-state index in [4.69, 9.17) is 0 Å². The van der Waals surface area contributed by atoms with E-state index in [0.29, 0.717) is 6.54 Å². The fraction of sp³-hybridized carbons (Fsp3) is 0.188. The van der Waals surface area contributed by atoms with Crippen LogP contribution in [0.1, 0.15) is 24.1 Å². The molecule has 0 saturated heterocycles. The number of rotatable bonds is 4. The largest absolute Gasteiger partial charge is 0.306 e. The molecule has 5 heteroatoms. The van der Waals surface area contributed by atoms with Gasteiger partial charge in [-0.2, -0.15) is 0 Å². The molecule has 0 saturated carbocycles. The standard InChI is InChI=1S/C16H14BrFN2S/c1-10(11-7-16-15(20-8-11)4-5-21-16)19-9-12-6-13(18)2-3-14(12)17/h2-8,10,19H,9H2,1H3. The molecule has 0 radical (unpaired) electrons. The summed E-state index contributed by atoms with van der Waals surface area (Å²) in [6.45, 7) is 2.69. The smallest absolute Gasteiger partial charge is 0.123 e. The van der Waals surface area contributed by atoms with Gasteiger partial charge in [-0.05, 0) is 53.8 Å². The van der Waals surface area contributed by atoms with Gasteiger partial charge in [0.1, 0.15) is 5.82 Å². The third kappa shape index (κ3) is 3.31. The van der Waals surface area contributed by atoms with Gasteiger partial charge in [0.15, 0.2) is 0 Å². The summed E-state index contributed by atoms with van der Waals surface area (Å²) in [5, 5.41) is 5.45. The van der Waals surface area contributed by atoms with Crippen molar-refractivity contribution in [2.45, 2.75) is 19.5 Å². The molecule has 21 heavy (non-hydrogen) atoms. The number of thiophene rings is 1. The monoisotopic (exact) mass is 364 g/mol. The van der Waals surface area contributed by atoms with E-state index >= 15 is 0 Å². The fourth-order valence-corrected chi connectivity index (χ4v) is 3.33. The number of aromatic nitrogens is 1. The zero-order valence-electron chi connectivity index (χ0n) is 11.4. The lowest BCUT2D eigenvalue weighted by Gasteiger charge is -2.15. The molecule has 0 aliphatic rings. The van der Waals surface area contributed by atoms with Crippen molar-refractivity contribution in [2.75, 3.05) is 0 Å². The zero-order valence-corrected chi connectivity index (χ0v) is 13.8. The third-order valence-corrected chi connectivity index (χ3v) is 5.06. The Bertz CT molecular complexity index is 772. The summed E-state index contributed by atoms with van der Waals surface area (Å²) in [4.78, 5) is 4.45. The predicted molar refractivity (Wildman–Crippen MR) is 89.0 cm³/mol. The highest BCUT2D eigenvalue weighted by Gasteiger charge is 2.09. The minimum absolute atomic E-state index is 0.152. The first-order chi connectivity index (χ1) is 10.1. The van der Waals surface area contributed by atoms with Crippen LogP contribution in [0, 0.1) is 5.82 Å². The number of nitrogens with one attached hydrogen (secondary N) is 1. The summed E-state index contributed by atoms with van der Waals surface area (Å²) >= 11 is 5.14.